The number of aromatic nitrogens is 6. The molecule has 1 aliphatic rings. The summed E-state index contributed by atoms with van der Waals surface area (Å²) in [5.41, 5.74) is 11.6. The van der Waals surface area contributed by atoms with Gasteiger partial charge in [0.15, 0.2) is 5.65 Å². The number of aryl methyl sites for hydroxylation is 1. The first-order valence-corrected chi connectivity index (χ1v) is 24.6. The first-order chi connectivity index (χ1) is 35.7. The molecule has 0 spiro atoms. The number of nitrogens with one attached hydrogen (secondary N) is 5. The number of hydrogen-bond acceptors (Lipinski definition) is 12. The standard InChI is InChI=1S/C53H61N13O8/c1-34(2)47(63-44(67)17-8-5-9-28-65-45(68)24-25-46(65)69)51(71)60-41(16-11-27-55-52(54)72)50(70)59-39-21-18-37(19-22-39)32-74-53(73)64(29-26-36-13-6-4-7-14-36)31-42-61-48(38-20-23-43-56-33-57-66(43)30-38)49(62-42)40-15-10-12-35(3)58-40/h4,6-7,10,12-15,18-25,30,33-34,41,47H,5,8-9,11,16-17,26-29,31-32H2,1-3H3,(H,59,70)(H,60,71)(H,61,62)(H,63,67)(H3,54,55,72). The minimum Gasteiger partial charge on any atom is -0.445 e. The molecule has 74 heavy (non-hydrogen) atoms. The third kappa shape index (κ3) is 14.9. The fourth-order valence-electron chi connectivity index (χ4n) is 8.22. The highest BCUT2D eigenvalue weighted by molar-refractivity contribution is 6.12. The van der Waals surface area contributed by atoms with Crippen LogP contribution in [0.3, 0.4) is 0 Å². The van der Waals surface area contributed by atoms with Gasteiger partial charge in [-0.1, -0.05) is 68.8 Å². The number of amides is 8. The van der Waals surface area contributed by atoms with Gasteiger partial charge in [0.25, 0.3) is 11.8 Å². The zero-order chi connectivity index (χ0) is 52.6. The summed E-state index contributed by atoms with van der Waals surface area (Å²) in [6.45, 7) is 6.19. The minimum absolute atomic E-state index is 0.0825. The second-order valence-corrected chi connectivity index (χ2v) is 18.2. The molecule has 21 nitrogen and oxygen atoms in total. The van der Waals surface area contributed by atoms with Gasteiger partial charge in [-0.2, -0.15) is 5.10 Å². The van der Waals surface area contributed by atoms with Crippen LogP contribution in [-0.2, 0) is 48.3 Å². The van der Waals surface area contributed by atoms with Gasteiger partial charge < -0.3 is 41.6 Å². The third-order valence-corrected chi connectivity index (χ3v) is 12.2. The number of hydrogen-bond donors (Lipinski definition) is 6. The predicted octanol–water partition coefficient (Wildman–Crippen LogP) is 5.37. The Kier molecular flexibility index (Phi) is 18.3. The topological polar surface area (TPSA) is 281 Å². The number of unbranched alkanes of at least 4 members (excludes halogenated alkanes) is 2. The number of imide groups is 1. The maximum absolute atomic E-state index is 14.0. The smallest absolute Gasteiger partial charge is 0.410 e. The molecule has 7 rings (SSSR count). The third-order valence-electron chi connectivity index (χ3n) is 12.2. The number of nitrogens with two attached hydrogens (primary N) is 1. The van der Waals surface area contributed by atoms with E-state index in [2.05, 4.69) is 36.3 Å². The molecule has 386 valence electrons. The van der Waals surface area contributed by atoms with Crippen LogP contribution >= 0.6 is 0 Å². The van der Waals surface area contributed by atoms with Crippen LogP contribution in [0.15, 0.2) is 110 Å². The molecule has 0 saturated carbocycles. The highest BCUT2D eigenvalue weighted by Crippen LogP contribution is 2.30. The van der Waals surface area contributed by atoms with Gasteiger partial charge in [0.05, 0.1) is 17.9 Å². The lowest BCUT2D eigenvalue weighted by Crippen LogP contribution is -2.54. The predicted molar refractivity (Wildman–Crippen MR) is 274 cm³/mol. The van der Waals surface area contributed by atoms with Crippen molar-refractivity contribution in [2.24, 2.45) is 11.7 Å². The van der Waals surface area contributed by atoms with E-state index in [4.69, 9.17) is 20.4 Å². The van der Waals surface area contributed by atoms with Crippen LogP contribution in [0.4, 0.5) is 15.3 Å². The number of fused-ring (bicyclic) bond motifs is 1. The van der Waals surface area contributed by atoms with Crippen LogP contribution in [0.5, 0.6) is 0 Å². The second-order valence-electron chi connectivity index (χ2n) is 18.2. The van der Waals surface area contributed by atoms with Crippen molar-refractivity contribution in [3.05, 3.63) is 132 Å². The van der Waals surface area contributed by atoms with Crippen molar-refractivity contribution in [2.45, 2.75) is 91.0 Å². The number of aromatic amines is 1. The van der Waals surface area contributed by atoms with Gasteiger partial charge in [-0.15, -0.1) is 0 Å². The molecule has 7 N–H and O–H groups in total. The fraction of sp³-hybridized carbons (Fsp3) is 0.340. The second kappa shape index (κ2) is 25.6. The molecule has 5 heterocycles. The number of nitrogens with zero attached hydrogens (tertiary/aromatic N) is 7. The molecule has 8 amide bonds. The lowest BCUT2D eigenvalue weighted by Gasteiger charge is -2.25. The SMILES string of the molecule is Cc1cccc(-c2nc(CN(CCc3ccccc3)C(=O)OCc3ccc(NC(=O)C(CCCNC(N)=O)NC(=O)C(NC(=O)CCCCCN4C(=O)C=CC4=O)C(C)C)cc3)[nH]c2-c2ccc3ncnn3c2)n1. The first kappa shape index (κ1) is 53.1. The Morgan fingerprint density at radius 1 is 0.824 bits per heavy atom. The zero-order valence-corrected chi connectivity index (χ0v) is 41.6. The van der Waals surface area contributed by atoms with Crippen LogP contribution in [0.25, 0.3) is 28.3 Å². The molecule has 0 bridgehead atoms. The van der Waals surface area contributed by atoms with E-state index in [1.165, 1.54) is 18.5 Å². The summed E-state index contributed by atoms with van der Waals surface area (Å²) in [6.07, 6.45) is 7.90. The molecule has 2 atom stereocenters. The highest BCUT2D eigenvalue weighted by atomic mass is 16.6. The van der Waals surface area contributed by atoms with Gasteiger partial charge in [0, 0.05) is 61.3 Å². The van der Waals surface area contributed by atoms with Crippen molar-refractivity contribution < 1.29 is 38.3 Å². The van der Waals surface area contributed by atoms with Gasteiger partial charge >= 0.3 is 12.1 Å². The summed E-state index contributed by atoms with van der Waals surface area (Å²) in [7, 11) is 0. The van der Waals surface area contributed by atoms with Gasteiger partial charge in [0.2, 0.25) is 17.7 Å². The quantitative estimate of drug-likeness (QED) is 0.0312. The van der Waals surface area contributed by atoms with Crippen molar-refractivity contribution in [3.8, 4) is 22.6 Å². The number of urea groups is 1. The van der Waals surface area contributed by atoms with Gasteiger partial charge in [-0.05, 0) is 92.5 Å². The fourth-order valence-corrected chi connectivity index (χ4v) is 8.22. The average molecular weight is 1010 g/mol. The zero-order valence-electron chi connectivity index (χ0n) is 41.6. The lowest BCUT2D eigenvalue weighted by atomic mass is 10.0. The number of imidazole rings is 1. The van der Waals surface area contributed by atoms with Crippen LogP contribution in [0.1, 0.15) is 75.0 Å². The molecule has 0 aliphatic carbocycles. The van der Waals surface area contributed by atoms with E-state index in [0.717, 1.165) is 21.7 Å². The number of carbonyl (C=O) groups is 7. The van der Waals surface area contributed by atoms with Crippen molar-refractivity contribution >= 4 is 53.0 Å². The lowest BCUT2D eigenvalue weighted by molar-refractivity contribution is -0.137. The summed E-state index contributed by atoms with van der Waals surface area (Å²) in [4.78, 5) is 110. The summed E-state index contributed by atoms with van der Waals surface area (Å²) in [5, 5.41) is 15.2. The molecule has 21 heteroatoms. The molecular weight excluding hydrogens is 947 g/mol. The maximum Gasteiger partial charge on any atom is 0.410 e. The Balaban J connectivity index is 0.977. The van der Waals surface area contributed by atoms with Crippen molar-refractivity contribution in [3.63, 3.8) is 0 Å². The van der Waals surface area contributed by atoms with Crippen molar-refractivity contribution in [2.75, 3.05) is 25.0 Å². The number of primary amides is 1. The van der Waals surface area contributed by atoms with Gasteiger partial charge in [0.1, 0.15) is 36.5 Å². The van der Waals surface area contributed by atoms with Crippen LogP contribution in [0.2, 0.25) is 0 Å². The molecule has 0 radical (unpaired) electrons. The molecule has 0 saturated heterocycles. The normalized spacial score (nSPS) is 12.9. The molecule has 0 fully saturated rings. The van der Waals surface area contributed by atoms with E-state index in [1.807, 2.05) is 73.8 Å². The average Bonchev–Trinajstić information content (AvgIpc) is 4.13. The molecule has 4 aromatic heterocycles. The number of H-pyrrole nitrogens is 1. The summed E-state index contributed by atoms with van der Waals surface area (Å²) >= 11 is 0. The Bertz CT molecular complexity index is 2950. The molecule has 2 unspecified atom stereocenters. The number of carbonyl (C=O) groups excluding carboxylic acids is 7. The summed E-state index contributed by atoms with van der Waals surface area (Å²) < 4.78 is 7.57. The van der Waals surface area contributed by atoms with Crippen molar-refractivity contribution in [1.82, 2.24) is 55.3 Å². The Hall–Kier alpha value is -8.75. The largest absolute Gasteiger partial charge is 0.445 e. The van der Waals surface area contributed by atoms with E-state index in [1.54, 1.807) is 47.5 Å². The van der Waals surface area contributed by atoms with E-state index < -0.39 is 36.0 Å². The number of benzene rings is 2. The minimum atomic E-state index is -1.06. The van der Waals surface area contributed by atoms with E-state index in [-0.39, 0.29) is 62.7 Å². The van der Waals surface area contributed by atoms with E-state index in [0.29, 0.717) is 78.5 Å². The van der Waals surface area contributed by atoms with Gasteiger partial charge in [-0.25, -0.2) is 24.1 Å². The molecule has 2 aromatic carbocycles. The number of rotatable bonds is 25. The Labute approximate surface area is 427 Å². The summed E-state index contributed by atoms with van der Waals surface area (Å²) in [6, 6.07) is 23.3. The maximum atomic E-state index is 14.0. The van der Waals surface area contributed by atoms with E-state index in [9.17, 15) is 33.6 Å². The molecule has 6 aromatic rings. The van der Waals surface area contributed by atoms with E-state index >= 15 is 0 Å². The number of ether oxygens (including phenoxy) is 1. The number of anilines is 1. The monoisotopic (exact) mass is 1010 g/mol. The van der Waals surface area contributed by atoms with Crippen LogP contribution in [0, 0.1) is 12.8 Å². The number of pyridine rings is 2. The molecular formula is C53H61N13O8. The molecule has 1 aliphatic heterocycles. The van der Waals surface area contributed by atoms with Gasteiger partial charge in [-0.3, -0.25) is 33.9 Å². The summed E-state index contributed by atoms with van der Waals surface area (Å²) in [5.74, 6) is -1.99. The van der Waals surface area contributed by atoms with Crippen molar-refractivity contribution in [1.29, 1.82) is 0 Å². The van der Waals surface area contributed by atoms with Crippen LogP contribution < -0.4 is 27.0 Å². The van der Waals surface area contributed by atoms with Crippen LogP contribution in [-0.4, -0.2) is 113 Å². The highest BCUT2D eigenvalue weighted by Gasteiger charge is 2.29. The first-order valence-electron chi connectivity index (χ1n) is 24.6. The Morgan fingerprint density at radius 3 is 2.32 bits per heavy atom. The Morgan fingerprint density at radius 2 is 1.59 bits per heavy atom.